The lowest BCUT2D eigenvalue weighted by molar-refractivity contribution is 0.282. The summed E-state index contributed by atoms with van der Waals surface area (Å²) in [6.45, 7) is 0.791. The van der Waals surface area contributed by atoms with Crippen LogP contribution in [0.2, 0.25) is 0 Å². The first-order valence-electron chi connectivity index (χ1n) is 11.5. The predicted octanol–water partition coefficient (Wildman–Crippen LogP) is 3.16. The molecule has 188 valence electrons. The average molecular weight is 502 g/mol. The molecule has 0 fully saturated rings. The number of aliphatic hydroxyl groups is 2. The second kappa shape index (κ2) is 7.89. The van der Waals surface area contributed by atoms with E-state index in [1.54, 1.807) is 6.08 Å². The Morgan fingerprint density at radius 2 is 1.38 bits per heavy atom. The molecule has 6 rings (SSSR count). The summed E-state index contributed by atoms with van der Waals surface area (Å²) in [5, 5.41) is 54.5. The summed E-state index contributed by atoms with van der Waals surface area (Å²) in [7, 11) is 1.41. The van der Waals surface area contributed by atoms with Crippen LogP contribution in [0.15, 0.2) is 27.3 Å². The molecule has 0 saturated heterocycles. The minimum atomic E-state index is -0.572. The van der Waals surface area contributed by atoms with E-state index in [0.717, 1.165) is 5.57 Å². The minimum absolute atomic E-state index is 0.0493. The number of methoxy groups -OCH3 is 1. The van der Waals surface area contributed by atoms with Crippen molar-refractivity contribution in [3.8, 4) is 11.5 Å². The standard InChI is InChI=1S/C27H22N2O8/c1-9-3-12-18-19-13(4-9)27(37-2)25(29-36)20-14(32)5-10(7-30)16(22(19)20)17-11(8-31)6-15(33)21(23(17)18)26(34)24(12)28-35/h3,5-6,28-31,34-36H,4,7-8H2,1-2H3. The molecule has 1 aliphatic rings. The molecule has 7 N–H and O–H groups in total. The highest BCUT2D eigenvalue weighted by atomic mass is 16.5. The highest BCUT2D eigenvalue weighted by Gasteiger charge is 2.32. The van der Waals surface area contributed by atoms with Gasteiger partial charge in [-0.05, 0) is 52.8 Å². The summed E-state index contributed by atoms with van der Waals surface area (Å²) < 4.78 is 5.70. The summed E-state index contributed by atoms with van der Waals surface area (Å²) in [5.41, 5.74) is 5.32. The van der Waals surface area contributed by atoms with Crippen molar-refractivity contribution in [2.75, 3.05) is 18.1 Å². The molecule has 5 aromatic carbocycles. The van der Waals surface area contributed by atoms with Gasteiger partial charge >= 0.3 is 0 Å². The van der Waals surface area contributed by atoms with E-state index >= 15 is 0 Å². The SMILES string of the molecule is COc1c(NO)c2c(=O)cc(CO)c3c4c(CO)cc(=O)c5c(O)c(NO)c6c(c(c1CC(C)=C6)c23)c54. The minimum Gasteiger partial charge on any atom is -0.505 e. The third kappa shape index (κ3) is 2.72. The smallest absolute Gasteiger partial charge is 0.190 e. The third-order valence-corrected chi connectivity index (χ3v) is 7.43. The molecule has 0 radical (unpaired) electrons. The normalized spacial score (nSPS) is 13.2. The van der Waals surface area contributed by atoms with Gasteiger partial charge in [0, 0.05) is 27.3 Å². The number of nitrogens with one attached hydrogen (secondary N) is 2. The van der Waals surface area contributed by atoms with E-state index in [2.05, 4.69) is 5.48 Å². The van der Waals surface area contributed by atoms with Gasteiger partial charge in [-0.15, -0.1) is 0 Å². The number of allylic oxidation sites excluding steroid dienone is 1. The average Bonchev–Trinajstić information content (AvgIpc) is 3.03. The van der Waals surface area contributed by atoms with Crippen molar-refractivity contribution in [2.45, 2.75) is 26.6 Å². The molecule has 37 heavy (non-hydrogen) atoms. The van der Waals surface area contributed by atoms with Crippen LogP contribution in [0.1, 0.15) is 29.2 Å². The van der Waals surface area contributed by atoms with Crippen LogP contribution >= 0.6 is 0 Å². The number of aromatic hydroxyl groups is 1. The van der Waals surface area contributed by atoms with E-state index < -0.39 is 29.8 Å². The van der Waals surface area contributed by atoms with Crippen LogP contribution in [0.4, 0.5) is 11.4 Å². The fourth-order valence-electron chi connectivity index (χ4n) is 6.14. The van der Waals surface area contributed by atoms with E-state index in [4.69, 9.17) is 4.74 Å². The van der Waals surface area contributed by atoms with E-state index in [-0.39, 0.29) is 39.0 Å². The summed E-state index contributed by atoms with van der Waals surface area (Å²) in [5.74, 6) is -0.250. The lowest BCUT2D eigenvalue weighted by Gasteiger charge is -2.24. The number of anilines is 2. The van der Waals surface area contributed by atoms with Gasteiger partial charge in [0.1, 0.15) is 17.1 Å². The molecule has 1 aliphatic carbocycles. The number of phenolic OH excluding ortho intramolecular Hbond substituents is 1. The van der Waals surface area contributed by atoms with Crippen LogP contribution in [0.3, 0.4) is 0 Å². The molecule has 0 bridgehead atoms. The molecule has 0 amide bonds. The Labute approximate surface area is 207 Å². The van der Waals surface area contributed by atoms with E-state index in [9.17, 15) is 35.3 Å². The molecule has 0 atom stereocenters. The molecule has 10 heteroatoms. The number of hydrogen-bond donors (Lipinski definition) is 7. The summed E-state index contributed by atoms with van der Waals surface area (Å²) >= 11 is 0. The highest BCUT2D eigenvalue weighted by Crippen LogP contribution is 2.54. The first kappa shape index (κ1) is 23.2. The van der Waals surface area contributed by atoms with Crippen molar-refractivity contribution < 1.29 is 30.5 Å². The Kier molecular flexibility index (Phi) is 4.95. The lowest BCUT2D eigenvalue weighted by atomic mass is 9.81. The van der Waals surface area contributed by atoms with Gasteiger partial charge in [-0.2, -0.15) is 0 Å². The quantitative estimate of drug-likeness (QED) is 0.0820. The van der Waals surface area contributed by atoms with Gasteiger partial charge in [-0.25, -0.2) is 0 Å². The predicted molar refractivity (Wildman–Crippen MR) is 140 cm³/mol. The van der Waals surface area contributed by atoms with Crippen molar-refractivity contribution in [3.63, 3.8) is 0 Å². The number of ether oxygens (including phenoxy) is 1. The number of rotatable bonds is 5. The Balaban J connectivity index is 2.19. The maximum atomic E-state index is 13.4. The monoisotopic (exact) mass is 502 g/mol. The second-order valence-electron chi connectivity index (χ2n) is 9.30. The zero-order chi connectivity index (χ0) is 26.3. The zero-order valence-corrected chi connectivity index (χ0v) is 19.8. The Hall–Kier alpha value is -4.22. The van der Waals surface area contributed by atoms with Crippen molar-refractivity contribution >= 4 is 60.5 Å². The third-order valence-electron chi connectivity index (χ3n) is 7.43. The Morgan fingerprint density at radius 3 is 1.92 bits per heavy atom. The Bertz CT molecular complexity index is 1950. The second-order valence-corrected chi connectivity index (χ2v) is 9.30. The van der Waals surface area contributed by atoms with Gasteiger partial charge < -0.3 is 20.1 Å². The number of fused-ring (bicyclic) bond motifs is 1. The van der Waals surface area contributed by atoms with Gasteiger partial charge in [-0.1, -0.05) is 11.6 Å². The first-order valence-corrected chi connectivity index (χ1v) is 11.5. The van der Waals surface area contributed by atoms with Crippen LogP contribution in [0, 0.1) is 0 Å². The molecule has 0 aromatic heterocycles. The molecular weight excluding hydrogens is 480 g/mol. The molecular formula is C27H22N2O8. The topological polar surface area (TPSA) is 169 Å². The maximum Gasteiger partial charge on any atom is 0.190 e. The lowest BCUT2D eigenvalue weighted by Crippen LogP contribution is -2.13. The first-order chi connectivity index (χ1) is 17.8. The van der Waals surface area contributed by atoms with Crippen molar-refractivity contribution in [1.82, 2.24) is 0 Å². The summed E-state index contributed by atoms with van der Waals surface area (Å²) in [6, 6.07) is 2.44. The fourth-order valence-corrected chi connectivity index (χ4v) is 6.14. The fraction of sp³-hybridized carbons (Fsp3) is 0.185. The van der Waals surface area contributed by atoms with Crippen LogP contribution in [0.25, 0.3) is 49.2 Å². The van der Waals surface area contributed by atoms with Crippen molar-refractivity contribution in [2.24, 2.45) is 0 Å². The molecule has 0 aliphatic heterocycles. The van der Waals surface area contributed by atoms with Crippen molar-refractivity contribution in [1.29, 1.82) is 0 Å². The van der Waals surface area contributed by atoms with E-state index in [1.165, 1.54) is 19.2 Å². The number of phenols is 1. The molecule has 0 spiro atoms. The van der Waals surface area contributed by atoms with Crippen LogP contribution < -0.4 is 26.6 Å². The van der Waals surface area contributed by atoms with Crippen LogP contribution in [-0.2, 0) is 19.6 Å². The van der Waals surface area contributed by atoms with Crippen molar-refractivity contribution in [3.05, 3.63) is 60.4 Å². The van der Waals surface area contributed by atoms with Crippen LogP contribution in [0.5, 0.6) is 11.5 Å². The maximum absolute atomic E-state index is 13.4. The van der Waals surface area contributed by atoms with E-state index in [0.29, 0.717) is 49.9 Å². The largest absolute Gasteiger partial charge is 0.505 e. The molecule has 10 nitrogen and oxygen atoms in total. The number of aliphatic hydroxyl groups excluding tert-OH is 2. The Morgan fingerprint density at radius 1 is 0.811 bits per heavy atom. The van der Waals surface area contributed by atoms with E-state index in [1.807, 2.05) is 12.4 Å². The van der Waals surface area contributed by atoms with Crippen LogP contribution in [-0.4, -0.2) is 32.8 Å². The summed E-state index contributed by atoms with van der Waals surface area (Å²) in [4.78, 5) is 26.7. The zero-order valence-electron chi connectivity index (χ0n) is 19.8. The molecule has 0 heterocycles. The van der Waals surface area contributed by atoms with Gasteiger partial charge in [0.25, 0.3) is 0 Å². The summed E-state index contributed by atoms with van der Waals surface area (Å²) in [6.07, 6.45) is 2.06. The molecule has 5 aromatic rings. The van der Waals surface area contributed by atoms with Gasteiger partial charge in [0.2, 0.25) is 0 Å². The highest BCUT2D eigenvalue weighted by molar-refractivity contribution is 6.39. The number of benzene rings is 5. The van der Waals surface area contributed by atoms with Gasteiger partial charge in [0.05, 0.1) is 31.1 Å². The molecule has 0 unspecified atom stereocenters. The number of hydrogen-bond acceptors (Lipinski definition) is 10. The molecule has 0 saturated carbocycles. The van der Waals surface area contributed by atoms with Gasteiger partial charge in [0.15, 0.2) is 16.6 Å². The van der Waals surface area contributed by atoms with Gasteiger partial charge in [-0.3, -0.25) is 31.0 Å².